The predicted octanol–water partition coefficient (Wildman–Crippen LogP) is 1.93. The van der Waals surface area contributed by atoms with Gasteiger partial charge in [-0.1, -0.05) is 15.9 Å². The molecule has 1 aliphatic heterocycles. The van der Waals surface area contributed by atoms with Gasteiger partial charge in [0.25, 0.3) is 11.8 Å². The molecule has 1 heterocycles. The van der Waals surface area contributed by atoms with E-state index in [9.17, 15) is 14.4 Å². The molecule has 0 bridgehead atoms. The molecule has 0 aromatic heterocycles. The third-order valence-electron chi connectivity index (χ3n) is 3.75. The second-order valence-electron chi connectivity index (χ2n) is 5.36. The van der Waals surface area contributed by atoms with Crippen molar-refractivity contribution in [3.8, 4) is 0 Å². The van der Waals surface area contributed by atoms with Crippen LogP contribution in [-0.4, -0.2) is 61.4 Å². The molecule has 0 N–H and O–H groups in total. The zero-order valence-corrected chi connectivity index (χ0v) is 14.8. The van der Waals surface area contributed by atoms with Gasteiger partial charge in [0, 0.05) is 44.7 Å². The lowest BCUT2D eigenvalue weighted by Gasteiger charge is -2.19. The topological polar surface area (TPSA) is 66.9 Å². The Labute approximate surface area is 143 Å². The van der Waals surface area contributed by atoms with E-state index in [0.717, 1.165) is 15.8 Å². The molecule has 1 aliphatic rings. The second-order valence-corrected chi connectivity index (χ2v) is 6.28. The minimum absolute atomic E-state index is 0.0947. The lowest BCUT2D eigenvalue weighted by molar-refractivity contribution is -0.130. The summed E-state index contributed by atoms with van der Waals surface area (Å²) in [4.78, 5) is 39.3. The van der Waals surface area contributed by atoms with Crippen molar-refractivity contribution in [2.24, 2.45) is 0 Å². The number of carbonyl (C=O) groups excluding carboxylic acids is 3. The number of benzene rings is 1. The van der Waals surface area contributed by atoms with E-state index in [1.807, 2.05) is 0 Å². The molecule has 3 amide bonds. The number of fused-ring (bicyclic) bond motifs is 1. The summed E-state index contributed by atoms with van der Waals surface area (Å²) in [5.41, 5.74) is 0.768. The first kappa shape index (κ1) is 17.6. The lowest BCUT2D eigenvalue weighted by Crippen LogP contribution is -2.35. The van der Waals surface area contributed by atoms with Crippen LogP contribution in [0.1, 0.15) is 33.6 Å². The molecule has 2 rings (SSSR count). The first-order valence-electron chi connectivity index (χ1n) is 7.34. The van der Waals surface area contributed by atoms with Gasteiger partial charge in [-0.2, -0.15) is 0 Å². The molecule has 0 atom stereocenters. The van der Waals surface area contributed by atoms with E-state index >= 15 is 0 Å². The van der Waals surface area contributed by atoms with Crippen LogP contribution in [0.5, 0.6) is 0 Å². The maximum absolute atomic E-state index is 12.3. The van der Waals surface area contributed by atoms with Gasteiger partial charge in [-0.05, 0) is 24.6 Å². The van der Waals surface area contributed by atoms with Crippen molar-refractivity contribution >= 4 is 33.7 Å². The highest BCUT2D eigenvalue weighted by Gasteiger charge is 2.35. The Kier molecular flexibility index (Phi) is 5.90. The number of methoxy groups -OCH3 is 1. The van der Waals surface area contributed by atoms with Gasteiger partial charge in [-0.15, -0.1) is 0 Å². The van der Waals surface area contributed by atoms with Crippen LogP contribution in [0.3, 0.4) is 0 Å². The van der Waals surface area contributed by atoms with Crippen molar-refractivity contribution in [2.45, 2.75) is 12.8 Å². The van der Waals surface area contributed by atoms with Gasteiger partial charge < -0.3 is 9.64 Å². The number of ether oxygens (including phenoxy) is 1. The SMILES string of the molecule is COCCCN(C)C(=O)CCN1C(=O)c2ccc(Br)cc2C1=O. The molecular weight excluding hydrogens is 364 g/mol. The molecule has 1 aromatic carbocycles. The Morgan fingerprint density at radius 3 is 2.65 bits per heavy atom. The summed E-state index contributed by atoms with van der Waals surface area (Å²) in [7, 11) is 3.32. The van der Waals surface area contributed by atoms with E-state index < -0.39 is 0 Å². The Morgan fingerprint density at radius 2 is 1.96 bits per heavy atom. The molecule has 124 valence electrons. The molecule has 7 heteroatoms. The van der Waals surface area contributed by atoms with Gasteiger partial charge in [-0.3, -0.25) is 19.3 Å². The van der Waals surface area contributed by atoms with Crippen LogP contribution < -0.4 is 0 Å². The number of hydrogen-bond donors (Lipinski definition) is 0. The number of hydrogen-bond acceptors (Lipinski definition) is 4. The quantitative estimate of drug-likeness (QED) is 0.533. The fourth-order valence-corrected chi connectivity index (χ4v) is 2.80. The molecular formula is C16H19BrN2O4. The number of amides is 3. The highest BCUT2D eigenvalue weighted by atomic mass is 79.9. The van der Waals surface area contributed by atoms with Crippen molar-refractivity contribution in [2.75, 3.05) is 33.9 Å². The van der Waals surface area contributed by atoms with Gasteiger partial charge in [0.1, 0.15) is 0 Å². The van der Waals surface area contributed by atoms with E-state index in [1.54, 1.807) is 37.3 Å². The Balaban J connectivity index is 1.93. The molecule has 1 aromatic rings. The second kappa shape index (κ2) is 7.70. The highest BCUT2D eigenvalue weighted by Crippen LogP contribution is 2.26. The predicted molar refractivity (Wildman–Crippen MR) is 88.3 cm³/mol. The van der Waals surface area contributed by atoms with Gasteiger partial charge >= 0.3 is 0 Å². The Morgan fingerprint density at radius 1 is 1.26 bits per heavy atom. The summed E-state index contributed by atoms with van der Waals surface area (Å²) < 4.78 is 5.69. The van der Waals surface area contributed by atoms with Crippen LogP contribution in [0.4, 0.5) is 0 Å². The fourth-order valence-electron chi connectivity index (χ4n) is 2.44. The Hall–Kier alpha value is -1.73. The van der Waals surface area contributed by atoms with Crippen molar-refractivity contribution in [3.63, 3.8) is 0 Å². The summed E-state index contributed by atoms with van der Waals surface area (Å²) in [6.45, 7) is 1.27. The van der Waals surface area contributed by atoms with Gasteiger partial charge in [0.15, 0.2) is 0 Å². The summed E-state index contributed by atoms with van der Waals surface area (Å²) in [6, 6.07) is 4.98. The largest absolute Gasteiger partial charge is 0.385 e. The summed E-state index contributed by atoms with van der Waals surface area (Å²) in [5, 5.41) is 0. The van der Waals surface area contributed by atoms with Crippen LogP contribution in [0.25, 0.3) is 0 Å². The van der Waals surface area contributed by atoms with Crippen molar-refractivity contribution in [3.05, 3.63) is 33.8 Å². The van der Waals surface area contributed by atoms with Crippen LogP contribution in [0.15, 0.2) is 22.7 Å². The number of imide groups is 1. The number of carbonyl (C=O) groups is 3. The average molecular weight is 383 g/mol. The first-order chi connectivity index (χ1) is 11.0. The van der Waals surface area contributed by atoms with Gasteiger partial charge in [-0.25, -0.2) is 0 Å². The normalized spacial score (nSPS) is 13.4. The highest BCUT2D eigenvalue weighted by molar-refractivity contribution is 9.10. The molecule has 23 heavy (non-hydrogen) atoms. The maximum atomic E-state index is 12.3. The minimum atomic E-state index is -0.346. The smallest absolute Gasteiger partial charge is 0.261 e. The maximum Gasteiger partial charge on any atom is 0.261 e. The number of nitrogens with zero attached hydrogens (tertiary/aromatic N) is 2. The van der Waals surface area contributed by atoms with Crippen LogP contribution >= 0.6 is 15.9 Å². The number of rotatable bonds is 7. The monoisotopic (exact) mass is 382 g/mol. The molecule has 0 unspecified atom stereocenters. The third-order valence-corrected chi connectivity index (χ3v) is 4.24. The van der Waals surface area contributed by atoms with Gasteiger partial charge in [0.2, 0.25) is 5.91 Å². The van der Waals surface area contributed by atoms with Crippen LogP contribution in [0.2, 0.25) is 0 Å². The standard InChI is InChI=1S/C16H19BrN2O4/c1-18(7-3-9-23-2)14(20)6-8-19-15(21)12-5-4-11(17)10-13(12)16(19)22/h4-5,10H,3,6-9H2,1-2H3. The van der Waals surface area contributed by atoms with Crippen LogP contribution in [0, 0.1) is 0 Å². The first-order valence-corrected chi connectivity index (χ1v) is 8.13. The fraction of sp³-hybridized carbons (Fsp3) is 0.438. The lowest BCUT2D eigenvalue weighted by atomic mass is 10.1. The average Bonchev–Trinajstić information content (AvgIpc) is 2.76. The molecule has 0 saturated carbocycles. The Bertz CT molecular complexity index is 633. The molecule has 0 fully saturated rings. The van der Waals surface area contributed by atoms with Crippen molar-refractivity contribution in [1.82, 2.24) is 9.80 Å². The van der Waals surface area contributed by atoms with E-state index in [0.29, 0.717) is 24.3 Å². The van der Waals surface area contributed by atoms with E-state index in [1.165, 1.54) is 0 Å². The van der Waals surface area contributed by atoms with Crippen molar-refractivity contribution < 1.29 is 19.1 Å². The molecule has 0 spiro atoms. The van der Waals surface area contributed by atoms with E-state index in [2.05, 4.69) is 15.9 Å². The van der Waals surface area contributed by atoms with E-state index in [-0.39, 0.29) is 30.7 Å². The summed E-state index contributed by atoms with van der Waals surface area (Å²) in [5.74, 6) is -0.785. The van der Waals surface area contributed by atoms with Gasteiger partial charge in [0.05, 0.1) is 11.1 Å². The third kappa shape index (κ3) is 3.97. The molecule has 0 aliphatic carbocycles. The van der Waals surface area contributed by atoms with Crippen molar-refractivity contribution in [1.29, 1.82) is 0 Å². The van der Waals surface area contributed by atoms with Crippen LogP contribution in [-0.2, 0) is 9.53 Å². The zero-order valence-electron chi connectivity index (χ0n) is 13.2. The molecule has 6 nitrogen and oxygen atoms in total. The summed E-state index contributed by atoms with van der Waals surface area (Å²) in [6.07, 6.45) is 0.871. The minimum Gasteiger partial charge on any atom is -0.385 e. The zero-order chi connectivity index (χ0) is 17.0. The summed E-state index contributed by atoms with van der Waals surface area (Å²) >= 11 is 3.29. The van der Waals surface area contributed by atoms with E-state index in [4.69, 9.17) is 4.74 Å². The molecule has 0 radical (unpaired) electrons. The molecule has 0 saturated heterocycles. The number of halogens is 1.